The predicted molar refractivity (Wildman–Crippen MR) is 165 cm³/mol. The first-order chi connectivity index (χ1) is 21.1. The Labute approximate surface area is 254 Å². The van der Waals surface area contributed by atoms with Crippen LogP contribution < -0.4 is 18.9 Å². The molecule has 0 unspecified atom stereocenters. The topological polar surface area (TPSA) is 140 Å². The minimum atomic E-state index is -3.48. The van der Waals surface area contributed by atoms with Crippen molar-refractivity contribution in [1.29, 1.82) is 0 Å². The third kappa shape index (κ3) is 5.39. The summed E-state index contributed by atoms with van der Waals surface area (Å²) < 4.78 is 36.4. The second kappa shape index (κ2) is 11.6. The molecule has 0 spiro atoms. The van der Waals surface area contributed by atoms with Crippen LogP contribution in [0.5, 0.6) is 23.0 Å². The molecule has 13 heteroatoms. The molecule has 0 aromatic heterocycles. The molecule has 4 heterocycles. The second-order valence-electron chi connectivity index (χ2n) is 11.3. The standard InChI is InChI=1S/C31H33N4O8P/c1-18-5-20-11-32-24-9-28(26(40-3)7-22(24)30(37)34(20)13-18)42-16-44(39,15-36)17-43-29-10-25-23(8-27(29)41-4)31(38)35-14-19(2)6-21(35)12-33-25/h7-12,20-21,36H,1-2,5-6,13-17H2,3-4H3/t20-,21-/m0/s1. The van der Waals surface area contributed by atoms with Crippen LogP contribution in [0.25, 0.3) is 0 Å². The normalized spacial score (nSPS) is 20.5. The number of benzene rings is 2. The van der Waals surface area contributed by atoms with Crippen molar-refractivity contribution in [2.45, 2.75) is 24.9 Å². The molecular formula is C31H33N4O8P. The van der Waals surface area contributed by atoms with Crippen LogP contribution >= 0.6 is 7.14 Å². The fraction of sp³-hybridized carbons (Fsp3) is 0.355. The van der Waals surface area contributed by atoms with Gasteiger partial charge in [-0.15, -0.1) is 0 Å². The van der Waals surface area contributed by atoms with Gasteiger partial charge in [-0.25, -0.2) is 0 Å². The molecule has 2 atom stereocenters. The molecule has 0 bridgehead atoms. The van der Waals surface area contributed by atoms with Gasteiger partial charge in [0, 0.05) is 37.7 Å². The molecule has 1 N–H and O–H groups in total. The van der Waals surface area contributed by atoms with Gasteiger partial charge in [0.25, 0.3) is 11.8 Å². The Kier molecular flexibility index (Phi) is 7.81. The van der Waals surface area contributed by atoms with E-state index in [4.69, 9.17) is 18.9 Å². The maximum atomic E-state index is 13.7. The minimum Gasteiger partial charge on any atom is -0.493 e. The summed E-state index contributed by atoms with van der Waals surface area (Å²) in [6.45, 7) is 8.91. The van der Waals surface area contributed by atoms with Crippen LogP contribution in [0.1, 0.15) is 33.6 Å². The lowest BCUT2D eigenvalue weighted by atomic mass is 10.1. The van der Waals surface area contributed by atoms with E-state index in [9.17, 15) is 19.3 Å². The zero-order valence-electron chi connectivity index (χ0n) is 24.5. The quantitative estimate of drug-likeness (QED) is 0.322. The highest BCUT2D eigenvalue weighted by Gasteiger charge is 2.36. The number of ether oxygens (including phenoxy) is 4. The maximum Gasteiger partial charge on any atom is 0.257 e. The zero-order valence-corrected chi connectivity index (χ0v) is 25.4. The number of aliphatic imine (C=N–C) groups is 2. The fourth-order valence-electron chi connectivity index (χ4n) is 5.70. The predicted octanol–water partition coefficient (Wildman–Crippen LogP) is 4.36. The van der Waals surface area contributed by atoms with Gasteiger partial charge >= 0.3 is 0 Å². The first-order valence-corrected chi connectivity index (χ1v) is 16.3. The number of carbonyl (C=O) groups excluding carboxylic acids is 2. The number of methoxy groups -OCH3 is 2. The van der Waals surface area contributed by atoms with E-state index in [0.29, 0.717) is 48.4 Å². The van der Waals surface area contributed by atoms with E-state index in [1.165, 1.54) is 14.2 Å². The van der Waals surface area contributed by atoms with Crippen molar-refractivity contribution in [1.82, 2.24) is 9.80 Å². The van der Waals surface area contributed by atoms with Gasteiger partial charge in [-0.1, -0.05) is 24.3 Å². The number of aliphatic hydroxyl groups is 1. The second-order valence-corrected chi connectivity index (χ2v) is 14.2. The van der Waals surface area contributed by atoms with Crippen LogP contribution in [0, 0.1) is 0 Å². The number of hydrogen-bond donors (Lipinski definition) is 1. The van der Waals surface area contributed by atoms with Crippen molar-refractivity contribution in [2.75, 3.05) is 46.4 Å². The molecular weight excluding hydrogens is 587 g/mol. The largest absolute Gasteiger partial charge is 0.493 e. The van der Waals surface area contributed by atoms with E-state index >= 15 is 0 Å². The van der Waals surface area contributed by atoms with Gasteiger partial charge in [0.1, 0.15) is 19.0 Å². The Bertz CT molecular complexity index is 1570. The summed E-state index contributed by atoms with van der Waals surface area (Å²) >= 11 is 0. The van der Waals surface area contributed by atoms with Crippen LogP contribution in [-0.2, 0) is 4.57 Å². The molecule has 0 saturated carbocycles. The van der Waals surface area contributed by atoms with Gasteiger partial charge in [-0.05, 0) is 25.0 Å². The average molecular weight is 621 g/mol. The minimum absolute atomic E-state index is 0.171. The molecule has 4 aliphatic heterocycles. The summed E-state index contributed by atoms with van der Waals surface area (Å²) in [4.78, 5) is 38.9. The molecule has 0 aliphatic carbocycles. The summed E-state index contributed by atoms with van der Waals surface area (Å²) in [7, 11) is -0.607. The number of fused-ring (bicyclic) bond motifs is 4. The van der Waals surface area contributed by atoms with Crippen molar-refractivity contribution in [2.24, 2.45) is 9.98 Å². The highest BCUT2D eigenvalue weighted by molar-refractivity contribution is 7.63. The molecule has 2 aromatic rings. The van der Waals surface area contributed by atoms with Gasteiger partial charge in [0.05, 0.1) is 48.8 Å². The van der Waals surface area contributed by atoms with E-state index < -0.39 is 13.5 Å². The van der Waals surface area contributed by atoms with E-state index in [1.807, 2.05) is 0 Å². The molecule has 2 fully saturated rings. The lowest BCUT2D eigenvalue weighted by molar-refractivity contribution is 0.0770. The van der Waals surface area contributed by atoms with Gasteiger partial charge < -0.3 is 38.4 Å². The SMILES string of the molecule is C=C1C[C@H]2C=Nc3cc(OCP(=O)(CO)COc4cc5c(cc4OC)C(=O)N4CC(=C)C[C@H]4C=N5)c(OC)cc3C(=O)N2C1. The van der Waals surface area contributed by atoms with Crippen molar-refractivity contribution < 1.29 is 38.2 Å². The highest BCUT2D eigenvalue weighted by Crippen LogP contribution is 2.48. The van der Waals surface area contributed by atoms with E-state index in [2.05, 4.69) is 23.1 Å². The average Bonchev–Trinajstić information content (AvgIpc) is 3.53. The number of amides is 2. The number of carbonyl (C=O) groups is 2. The molecule has 2 saturated heterocycles. The Morgan fingerprint density at radius 2 is 1.23 bits per heavy atom. The highest BCUT2D eigenvalue weighted by atomic mass is 31.2. The van der Waals surface area contributed by atoms with E-state index in [1.54, 1.807) is 46.5 Å². The summed E-state index contributed by atoms with van der Waals surface area (Å²) in [5, 5.41) is 10.1. The molecule has 2 aromatic carbocycles. The molecule has 0 radical (unpaired) electrons. The first-order valence-electron chi connectivity index (χ1n) is 14.0. The van der Waals surface area contributed by atoms with E-state index in [-0.39, 0.29) is 59.6 Å². The third-order valence-electron chi connectivity index (χ3n) is 8.07. The zero-order chi connectivity index (χ0) is 31.2. The molecule has 6 rings (SSSR count). The van der Waals surface area contributed by atoms with Crippen LogP contribution in [0.3, 0.4) is 0 Å². The number of aliphatic hydroxyl groups excluding tert-OH is 1. The van der Waals surface area contributed by atoms with Crippen molar-refractivity contribution in [3.05, 3.63) is 59.7 Å². The van der Waals surface area contributed by atoms with Crippen molar-refractivity contribution in [3.63, 3.8) is 0 Å². The summed E-state index contributed by atoms with van der Waals surface area (Å²) in [5.74, 6) is 0.575. The Hall–Kier alpha value is -4.41. The fourth-order valence-corrected chi connectivity index (χ4v) is 6.69. The van der Waals surface area contributed by atoms with Crippen LogP contribution in [0.4, 0.5) is 11.4 Å². The van der Waals surface area contributed by atoms with Crippen molar-refractivity contribution in [3.8, 4) is 23.0 Å². The number of rotatable bonds is 9. The van der Waals surface area contributed by atoms with Gasteiger partial charge in [0.15, 0.2) is 30.1 Å². The van der Waals surface area contributed by atoms with Gasteiger partial charge in [0.2, 0.25) is 0 Å². The number of nitrogens with zero attached hydrogens (tertiary/aromatic N) is 4. The maximum absolute atomic E-state index is 13.7. The summed E-state index contributed by atoms with van der Waals surface area (Å²) in [6.07, 6.45) is 3.28. The lowest BCUT2D eigenvalue weighted by Crippen LogP contribution is -2.35. The smallest absolute Gasteiger partial charge is 0.257 e. The Morgan fingerprint density at radius 1 is 0.795 bits per heavy atom. The van der Waals surface area contributed by atoms with Gasteiger partial charge in [-0.3, -0.25) is 19.6 Å². The molecule has 230 valence electrons. The molecule has 12 nitrogen and oxygen atoms in total. The van der Waals surface area contributed by atoms with Crippen LogP contribution in [0.2, 0.25) is 0 Å². The lowest BCUT2D eigenvalue weighted by Gasteiger charge is -2.22. The van der Waals surface area contributed by atoms with Crippen molar-refractivity contribution >= 4 is 42.8 Å². The molecule has 2 amide bonds. The van der Waals surface area contributed by atoms with Crippen LogP contribution in [-0.4, -0.2) is 97.6 Å². The summed E-state index contributed by atoms with van der Waals surface area (Å²) in [6, 6.07) is 5.89. The monoisotopic (exact) mass is 620 g/mol. The summed E-state index contributed by atoms with van der Waals surface area (Å²) in [5.41, 5.74) is 3.44. The third-order valence-corrected chi connectivity index (χ3v) is 9.79. The Balaban J connectivity index is 1.19. The molecule has 4 aliphatic rings. The number of hydrogen-bond acceptors (Lipinski definition) is 10. The van der Waals surface area contributed by atoms with Gasteiger partial charge in [-0.2, -0.15) is 0 Å². The molecule has 44 heavy (non-hydrogen) atoms. The van der Waals surface area contributed by atoms with E-state index in [0.717, 1.165) is 11.1 Å². The first kappa shape index (κ1) is 29.7. The Morgan fingerprint density at radius 3 is 1.61 bits per heavy atom. The van der Waals surface area contributed by atoms with Crippen LogP contribution in [0.15, 0.2) is 58.6 Å².